The number of hydrogen-bond acceptors (Lipinski definition) is 6. The molecule has 4 rings (SSSR count). The minimum atomic E-state index is -0.933. The lowest BCUT2D eigenvalue weighted by atomic mass is 9.91. The minimum Gasteiger partial charge on any atom is -0.374 e. The van der Waals surface area contributed by atoms with Crippen molar-refractivity contribution in [2.45, 2.75) is 50.5 Å². The Kier molecular flexibility index (Phi) is 3.95. The number of aliphatic hydroxyl groups is 1. The SMILES string of the molecule is N[C@H]1CCCC[C@H]1Nc1nc(-c2cn[nH]c2)c2c(c1F)CNC2O. The zero-order chi connectivity index (χ0) is 16.7. The molecule has 1 unspecified atom stereocenters. The fourth-order valence-electron chi connectivity index (χ4n) is 3.60. The monoisotopic (exact) mass is 332 g/mol. The number of hydrogen-bond donors (Lipinski definition) is 5. The first-order chi connectivity index (χ1) is 11.6. The molecule has 7 nitrogen and oxygen atoms in total. The van der Waals surface area contributed by atoms with Gasteiger partial charge in [-0.25, -0.2) is 9.37 Å². The van der Waals surface area contributed by atoms with Crippen molar-refractivity contribution in [1.82, 2.24) is 20.5 Å². The van der Waals surface area contributed by atoms with E-state index in [4.69, 9.17) is 5.73 Å². The van der Waals surface area contributed by atoms with Gasteiger partial charge in [-0.3, -0.25) is 10.4 Å². The molecule has 1 saturated carbocycles. The summed E-state index contributed by atoms with van der Waals surface area (Å²) in [7, 11) is 0. The fourth-order valence-corrected chi connectivity index (χ4v) is 3.60. The van der Waals surface area contributed by atoms with E-state index in [-0.39, 0.29) is 24.4 Å². The molecule has 2 aromatic rings. The van der Waals surface area contributed by atoms with Crippen LogP contribution < -0.4 is 16.4 Å². The van der Waals surface area contributed by atoms with Gasteiger partial charge in [0.2, 0.25) is 0 Å². The summed E-state index contributed by atoms with van der Waals surface area (Å²) in [6.07, 6.45) is 6.38. The number of aromatic amines is 1. The molecular weight excluding hydrogens is 311 g/mol. The number of H-pyrrole nitrogens is 1. The number of fused-ring (bicyclic) bond motifs is 1. The summed E-state index contributed by atoms with van der Waals surface area (Å²) in [5, 5.41) is 22.9. The molecule has 0 amide bonds. The van der Waals surface area contributed by atoms with Crippen molar-refractivity contribution in [2.75, 3.05) is 5.32 Å². The van der Waals surface area contributed by atoms with Crippen LogP contribution in [0.4, 0.5) is 10.2 Å². The van der Waals surface area contributed by atoms with Crippen LogP contribution in [0.25, 0.3) is 11.3 Å². The molecule has 0 spiro atoms. The number of nitrogens with two attached hydrogens (primary N) is 1. The van der Waals surface area contributed by atoms with Crippen LogP contribution in [0.3, 0.4) is 0 Å². The van der Waals surface area contributed by atoms with Crippen molar-refractivity contribution >= 4 is 5.82 Å². The first kappa shape index (κ1) is 15.5. The van der Waals surface area contributed by atoms with Gasteiger partial charge in [0, 0.05) is 41.5 Å². The molecule has 0 saturated heterocycles. The lowest BCUT2D eigenvalue weighted by Crippen LogP contribution is -2.43. The van der Waals surface area contributed by atoms with Crippen molar-refractivity contribution < 1.29 is 9.50 Å². The van der Waals surface area contributed by atoms with E-state index in [1.54, 1.807) is 12.4 Å². The summed E-state index contributed by atoms with van der Waals surface area (Å²) in [6, 6.07) is 0.00424. The number of halogens is 1. The first-order valence-electron chi connectivity index (χ1n) is 8.30. The second-order valence-corrected chi connectivity index (χ2v) is 6.48. The maximum absolute atomic E-state index is 14.9. The highest BCUT2D eigenvalue weighted by molar-refractivity contribution is 5.68. The summed E-state index contributed by atoms with van der Waals surface area (Å²) in [5.41, 5.74) is 8.33. The van der Waals surface area contributed by atoms with Gasteiger partial charge in [0.25, 0.3) is 0 Å². The predicted octanol–water partition coefficient (Wildman–Crippen LogP) is 1.39. The van der Waals surface area contributed by atoms with E-state index >= 15 is 0 Å². The molecule has 0 radical (unpaired) electrons. The Morgan fingerprint density at radius 2 is 2.17 bits per heavy atom. The smallest absolute Gasteiger partial charge is 0.170 e. The van der Waals surface area contributed by atoms with Gasteiger partial charge in [-0.05, 0) is 12.8 Å². The van der Waals surface area contributed by atoms with Gasteiger partial charge in [0.1, 0.15) is 6.23 Å². The number of rotatable bonds is 3. The van der Waals surface area contributed by atoms with Crippen molar-refractivity contribution in [2.24, 2.45) is 5.73 Å². The third-order valence-electron chi connectivity index (χ3n) is 4.94. The van der Waals surface area contributed by atoms with Crippen molar-refractivity contribution in [3.8, 4) is 11.3 Å². The Labute approximate surface area is 138 Å². The molecule has 3 heterocycles. The van der Waals surface area contributed by atoms with Crippen LogP contribution in [-0.4, -0.2) is 32.4 Å². The molecule has 24 heavy (non-hydrogen) atoms. The fraction of sp³-hybridized carbons (Fsp3) is 0.500. The van der Waals surface area contributed by atoms with Gasteiger partial charge in [-0.1, -0.05) is 12.8 Å². The molecule has 0 aromatic carbocycles. The third kappa shape index (κ3) is 2.56. The molecule has 128 valence electrons. The maximum Gasteiger partial charge on any atom is 0.170 e. The Hall–Kier alpha value is -2.03. The summed E-state index contributed by atoms with van der Waals surface area (Å²) >= 11 is 0. The summed E-state index contributed by atoms with van der Waals surface area (Å²) < 4.78 is 14.9. The molecule has 3 atom stereocenters. The average Bonchev–Trinajstić information content (AvgIpc) is 3.23. The Morgan fingerprint density at radius 3 is 2.92 bits per heavy atom. The minimum absolute atomic E-state index is 0.00528. The molecule has 1 aliphatic heterocycles. The van der Waals surface area contributed by atoms with Gasteiger partial charge in [0.15, 0.2) is 11.6 Å². The van der Waals surface area contributed by atoms with Gasteiger partial charge in [-0.2, -0.15) is 5.10 Å². The average molecular weight is 332 g/mol. The molecule has 6 N–H and O–H groups in total. The second kappa shape index (κ2) is 6.12. The van der Waals surface area contributed by atoms with Crippen LogP contribution >= 0.6 is 0 Å². The van der Waals surface area contributed by atoms with Crippen molar-refractivity contribution in [3.63, 3.8) is 0 Å². The number of nitrogens with zero attached hydrogens (tertiary/aromatic N) is 2. The predicted molar refractivity (Wildman–Crippen MR) is 87.4 cm³/mol. The molecule has 1 fully saturated rings. The molecular formula is C16H21FN6O. The van der Waals surface area contributed by atoms with E-state index in [0.717, 1.165) is 25.7 Å². The molecule has 0 bridgehead atoms. The van der Waals surface area contributed by atoms with E-state index in [1.807, 2.05) is 0 Å². The summed E-state index contributed by atoms with van der Waals surface area (Å²) in [6.45, 7) is 0.265. The zero-order valence-corrected chi connectivity index (χ0v) is 13.2. The quantitative estimate of drug-likeness (QED) is 0.581. The number of anilines is 1. The van der Waals surface area contributed by atoms with Gasteiger partial charge in [-0.15, -0.1) is 0 Å². The molecule has 1 aliphatic carbocycles. The van der Waals surface area contributed by atoms with Crippen molar-refractivity contribution in [1.29, 1.82) is 0 Å². The van der Waals surface area contributed by atoms with E-state index in [1.165, 1.54) is 0 Å². The van der Waals surface area contributed by atoms with Gasteiger partial charge >= 0.3 is 0 Å². The van der Waals surface area contributed by atoms with Crippen LogP contribution in [-0.2, 0) is 6.54 Å². The van der Waals surface area contributed by atoms with Crippen molar-refractivity contribution in [3.05, 3.63) is 29.3 Å². The Morgan fingerprint density at radius 1 is 1.33 bits per heavy atom. The number of pyridine rings is 1. The Bertz CT molecular complexity index is 735. The lowest BCUT2D eigenvalue weighted by Gasteiger charge is -2.30. The molecule has 2 aliphatic rings. The van der Waals surface area contributed by atoms with Crippen LogP contribution in [0.15, 0.2) is 12.4 Å². The Balaban J connectivity index is 1.76. The number of aliphatic hydroxyl groups excluding tert-OH is 1. The van der Waals surface area contributed by atoms with E-state index in [0.29, 0.717) is 22.4 Å². The first-order valence-corrected chi connectivity index (χ1v) is 8.30. The van der Waals surface area contributed by atoms with E-state index < -0.39 is 12.0 Å². The zero-order valence-electron chi connectivity index (χ0n) is 13.2. The second-order valence-electron chi connectivity index (χ2n) is 6.48. The maximum atomic E-state index is 14.9. The van der Waals surface area contributed by atoms with Gasteiger partial charge in [0.05, 0.1) is 11.9 Å². The normalized spacial score (nSPS) is 26.4. The highest BCUT2D eigenvalue weighted by Gasteiger charge is 2.32. The molecule has 2 aromatic heterocycles. The number of aromatic nitrogens is 3. The third-order valence-corrected chi connectivity index (χ3v) is 4.94. The highest BCUT2D eigenvalue weighted by atomic mass is 19.1. The topological polar surface area (TPSA) is 112 Å². The van der Waals surface area contributed by atoms with E-state index in [2.05, 4.69) is 25.8 Å². The van der Waals surface area contributed by atoms with E-state index in [9.17, 15) is 9.50 Å². The lowest BCUT2D eigenvalue weighted by molar-refractivity contribution is 0.151. The summed E-state index contributed by atoms with van der Waals surface area (Å²) in [5.74, 6) is -0.220. The summed E-state index contributed by atoms with van der Waals surface area (Å²) in [4.78, 5) is 4.46. The van der Waals surface area contributed by atoms with Gasteiger partial charge < -0.3 is 16.2 Å². The molecule has 8 heteroatoms. The van der Waals surface area contributed by atoms with Crippen LogP contribution in [0.2, 0.25) is 0 Å². The van der Waals surface area contributed by atoms with Crippen LogP contribution in [0.1, 0.15) is 43.0 Å². The standard InChI is InChI=1S/C16H21FN6O/c17-13-9-7-19-16(24)12(9)14(8-5-20-21-6-8)23-15(13)22-11-4-2-1-3-10(11)18/h5-6,10-11,16,19,24H,1-4,7,18H2,(H,20,21)(H,22,23)/t10-,11+,16?/m0/s1. The highest BCUT2D eigenvalue weighted by Crippen LogP contribution is 2.37. The number of nitrogens with one attached hydrogen (secondary N) is 3. The van der Waals surface area contributed by atoms with Crippen LogP contribution in [0, 0.1) is 5.82 Å². The largest absolute Gasteiger partial charge is 0.374 e. The van der Waals surface area contributed by atoms with Crippen LogP contribution in [0.5, 0.6) is 0 Å².